The van der Waals surface area contributed by atoms with Crippen molar-refractivity contribution in [3.8, 4) is 17.2 Å². The number of ether oxygens (including phenoxy) is 1. The minimum absolute atomic E-state index is 0.00708. The van der Waals surface area contributed by atoms with Crippen molar-refractivity contribution in [1.82, 2.24) is 20.2 Å². The molecule has 11 rings (SSSR count). The largest absolute Gasteiger partial charge is 0.375 e. The summed E-state index contributed by atoms with van der Waals surface area (Å²) < 4.78 is 38.4. The van der Waals surface area contributed by atoms with Crippen molar-refractivity contribution in [3.63, 3.8) is 0 Å². The van der Waals surface area contributed by atoms with Crippen molar-refractivity contribution in [2.24, 2.45) is 11.8 Å². The number of likely N-dealkylation sites (tertiary alicyclic amines) is 1. The van der Waals surface area contributed by atoms with Gasteiger partial charge in [-0.25, -0.2) is 13.8 Å². The van der Waals surface area contributed by atoms with Crippen molar-refractivity contribution in [1.29, 1.82) is 5.26 Å². The Kier molecular flexibility index (Phi) is 8.55. The van der Waals surface area contributed by atoms with Crippen LogP contribution in [0.4, 0.5) is 8.78 Å². The highest BCUT2D eigenvalue weighted by Gasteiger charge is 2.62. The third kappa shape index (κ3) is 5.83. The standard InChI is InChI=1S/C34H30Cl2F2N4O2S.C5H9N/c1-45-32-22-15-24(31-20-13-17(14-25(20)44-18-7-8-18)42(31)33(43)34(38)9-10-34)40-29(22)21-12-16(4-3-11-39)26(28(37)30(21)41-32)19-5-2-6-23(35)27(19)36;1-4-2-5(1)6-3-4/h2,5-6,12,15,17-18,20,25,31,40H,3-4,7-10,13-14H2,1H3;4-6H,1-3H2. The number of aromatic nitrogens is 2. The van der Waals surface area contributed by atoms with Crippen LogP contribution in [0.15, 0.2) is 35.4 Å². The highest BCUT2D eigenvalue weighted by Crippen LogP contribution is 2.56. The van der Waals surface area contributed by atoms with Crippen molar-refractivity contribution >= 4 is 62.7 Å². The van der Waals surface area contributed by atoms with Crippen LogP contribution in [0.2, 0.25) is 10.0 Å². The molecule has 3 saturated heterocycles. The molecular formula is C39H39Cl2F2N5O2S. The van der Waals surface area contributed by atoms with E-state index < -0.39 is 17.4 Å². The minimum atomic E-state index is -1.78. The molecule has 3 aliphatic heterocycles. The van der Waals surface area contributed by atoms with E-state index in [1.165, 1.54) is 31.1 Å². The summed E-state index contributed by atoms with van der Waals surface area (Å²) in [6, 6.07) is 11.6. The number of aromatic amines is 1. The maximum Gasteiger partial charge on any atom is 0.261 e. The molecule has 4 unspecified atom stereocenters. The van der Waals surface area contributed by atoms with Crippen LogP contribution in [0.1, 0.15) is 75.1 Å². The van der Waals surface area contributed by atoms with Gasteiger partial charge in [-0.05, 0) is 100 Å². The van der Waals surface area contributed by atoms with Crippen LogP contribution in [-0.2, 0) is 16.0 Å². The Morgan fingerprint density at radius 2 is 1.98 bits per heavy atom. The average molecular weight is 751 g/mol. The molecule has 0 spiro atoms. The number of amides is 1. The number of carbonyl (C=O) groups excluding carboxylic acids is 1. The van der Waals surface area contributed by atoms with E-state index in [9.17, 15) is 10.1 Å². The van der Waals surface area contributed by atoms with Crippen LogP contribution in [-0.4, -0.2) is 63.5 Å². The summed E-state index contributed by atoms with van der Waals surface area (Å²) in [5, 5.41) is 15.3. The molecule has 51 heavy (non-hydrogen) atoms. The number of nitrogens with zero attached hydrogens (tertiary/aromatic N) is 3. The van der Waals surface area contributed by atoms with Gasteiger partial charge in [0.15, 0.2) is 11.5 Å². The van der Waals surface area contributed by atoms with E-state index in [1.807, 2.05) is 18.4 Å². The Morgan fingerprint density at radius 3 is 2.63 bits per heavy atom. The lowest BCUT2D eigenvalue weighted by molar-refractivity contribution is -0.146. The molecule has 5 heterocycles. The van der Waals surface area contributed by atoms with Gasteiger partial charge in [0.05, 0.1) is 39.9 Å². The molecule has 4 aromatic rings. The zero-order chi connectivity index (χ0) is 35.2. The molecule has 0 radical (unpaired) electrons. The predicted molar refractivity (Wildman–Crippen MR) is 196 cm³/mol. The first-order valence-electron chi connectivity index (χ1n) is 18.1. The third-order valence-electron chi connectivity index (χ3n) is 11.9. The number of nitriles is 1. The quantitative estimate of drug-likeness (QED) is 0.175. The number of piperidine rings is 1. The first kappa shape index (κ1) is 33.9. The summed E-state index contributed by atoms with van der Waals surface area (Å²) in [4.78, 5) is 23.7. The molecule has 7 aliphatic rings. The number of nitrogens with one attached hydrogen (secondary N) is 2. The number of alkyl halides is 1. The van der Waals surface area contributed by atoms with Crippen molar-refractivity contribution < 1.29 is 18.3 Å². The summed E-state index contributed by atoms with van der Waals surface area (Å²) in [5.74, 6) is 0.145. The molecule has 4 saturated carbocycles. The fourth-order valence-corrected chi connectivity index (χ4v) is 9.90. The van der Waals surface area contributed by atoms with Crippen LogP contribution in [0, 0.1) is 29.0 Å². The van der Waals surface area contributed by atoms with Gasteiger partial charge in [0.2, 0.25) is 0 Å². The zero-order valence-corrected chi connectivity index (χ0v) is 30.6. The smallest absolute Gasteiger partial charge is 0.261 e. The highest BCUT2D eigenvalue weighted by molar-refractivity contribution is 7.98. The van der Waals surface area contributed by atoms with Gasteiger partial charge in [-0.1, -0.05) is 35.3 Å². The number of fused-ring (bicyclic) bond motifs is 6. The van der Waals surface area contributed by atoms with E-state index in [0.717, 1.165) is 48.7 Å². The molecule has 7 nitrogen and oxygen atoms in total. The second-order valence-corrected chi connectivity index (χ2v) is 16.8. The number of hydrogen-bond donors (Lipinski definition) is 2. The van der Waals surface area contributed by atoms with Crippen LogP contribution in [0.5, 0.6) is 0 Å². The Balaban J connectivity index is 0.000000521. The summed E-state index contributed by atoms with van der Waals surface area (Å²) in [7, 11) is 0. The summed E-state index contributed by atoms with van der Waals surface area (Å²) >= 11 is 14.3. The van der Waals surface area contributed by atoms with Crippen LogP contribution < -0.4 is 5.32 Å². The van der Waals surface area contributed by atoms with Gasteiger partial charge in [0.25, 0.3) is 5.91 Å². The minimum Gasteiger partial charge on any atom is -0.375 e. The van der Waals surface area contributed by atoms with Gasteiger partial charge < -0.3 is 19.9 Å². The van der Waals surface area contributed by atoms with Crippen molar-refractivity contribution in [2.45, 2.75) is 105 Å². The fraction of sp³-hybridized carbons (Fsp3) is 0.513. The monoisotopic (exact) mass is 749 g/mol. The zero-order valence-electron chi connectivity index (χ0n) is 28.3. The lowest BCUT2D eigenvalue weighted by atomic mass is 9.87. The number of hydrogen-bond acceptors (Lipinski definition) is 6. The second-order valence-electron chi connectivity index (χ2n) is 15.2. The van der Waals surface area contributed by atoms with Crippen molar-refractivity contribution in [2.75, 3.05) is 12.8 Å². The number of H-pyrrole nitrogens is 1. The van der Waals surface area contributed by atoms with E-state index in [4.69, 9.17) is 32.9 Å². The Labute approximate surface area is 309 Å². The van der Waals surface area contributed by atoms with Gasteiger partial charge in [-0.2, -0.15) is 5.26 Å². The normalized spacial score (nSPS) is 28.1. The maximum atomic E-state index is 16.7. The lowest BCUT2D eigenvalue weighted by Gasteiger charge is -2.39. The Bertz CT molecular complexity index is 2090. The van der Waals surface area contributed by atoms with Crippen molar-refractivity contribution in [3.05, 3.63) is 57.5 Å². The third-order valence-corrected chi connectivity index (χ3v) is 13.4. The molecule has 2 N–H and O–H groups in total. The molecule has 7 fully saturated rings. The molecule has 266 valence electrons. The van der Waals surface area contributed by atoms with Crippen LogP contribution in [0.3, 0.4) is 0 Å². The summed E-state index contributed by atoms with van der Waals surface area (Å²) in [6.45, 7) is 1.31. The highest BCUT2D eigenvalue weighted by atomic mass is 35.5. The molecule has 2 aromatic heterocycles. The SMILES string of the molecule is C1NC2CC1C2.CSc1nc2c(F)c(-c3cccc(Cl)c3Cl)c(CCC#N)cc2c2[nH]c(C3C4CC(CC4OC4CC4)N3C(=O)C3(F)CC3)cc12. The Hall–Kier alpha value is -2.94. The van der Waals surface area contributed by atoms with E-state index in [-0.39, 0.29) is 65.6 Å². The van der Waals surface area contributed by atoms with Gasteiger partial charge in [0.1, 0.15) is 10.5 Å². The number of rotatable bonds is 8. The van der Waals surface area contributed by atoms with E-state index in [0.29, 0.717) is 38.5 Å². The maximum absolute atomic E-state index is 16.7. The van der Waals surface area contributed by atoms with E-state index in [2.05, 4.69) is 16.4 Å². The van der Waals surface area contributed by atoms with Crippen LogP contribution in [0.25, 0.3) is 32.9 Å². The molecule has 4 aliphatic carbocycles. The van der Waals surface area contributed by atoms with Gasteiger partial charge in [0, 0.05) is 52.0 Å². The number of halogens is 4. The van der Waals surface area contributed by atoms with E-state index in [1.54, 1.807) is 23.1 Å². The Morgan fingerprint density at radius 1 is 1.18 bits per heavy atom. The van der Waals surface area contributed by atoms with Crippen LogP contribution >= 0.6 is 35.0 Å². The van der Waals surface area contributed by atoms with Gasteiger partial charge >= 0.3 is 0 Å². The number of benzene rings is 2. The number of pyridine rings is 1. The van der Waals surface area contributed by atoms with E-state index >= 15 is 8.78 Å². The fourth-order valence-electron chi connectivity index (χ4n) is 8.94. The lowest BCUT2D eigenvalue weighted by Crippen LogP contribution is -2.48. The number of carbonyl (C=O) groups is 1. The molecule has 4 atom stereocenters. The second kappa shape index (κ2) is 12.9. The summed E-state index contributed by atoms with van der Waals surface area (Å²) in [5.41, 5.74) is 1.19. The van der Waals surface area contributed by atoms with Gasteiger partial charge in [-0.3, -0.25) is 4.79 Å². The first-order chi connectivity index (χ1) is 24.7. The number of aryl methyl sites for hydroxylation is 1. The van der Waals surface area contributed by atoms with Gasteiger partial charge in [-0.15, -0.1) is 11.8 Å². The molecule has 2 aromatic carbocycles. The number of thioether (sulfide) groups is 1. The summed E-state index contributed by atoms with van der Waals surface area (Å²) in [6.07, 6.45) is 9.71. The topological polar surface area (TPSA) is 94.0 Å². The first-order valence-corrected chi connectivity index (χ1v) is 20.1. The molecule has 1 amide bonds. The molecule has 4 bridgehead atoms. The predicted octanol–water partition coefficient (Wildman–Crippen LogP) is 9.09. The molecular weight excluding hydrogens is 711 g/mol. The molecule has 12 heteroatoms. The average Bonchev–Trinajstić information content (AvgIpc) is 3.67.